The van der Waals surface area contributed by atoms with Crippen LogP contribution < -0.4 is 15.2 Å². The molecule has 2 rings (SSSR count). The summed E-state index contributed by atoms with van der Waals surface area (Å²) < 4.78 is 49.4. The molecule has 0 saturated carbocycles. The third kappa shape index (κ3) is 2.79. The first-order chi connectivity index (χ1) is 9.30. The Hall–Kier alpha value is -1.96. The molecule has 1 aliphatic rings. The molecule has 8 heteroatoms. The minimum absolute atomic E-state index is 0.0844. The summed E-state index contributed by atoms with van der Waals surface area (Å²) in [6.07, 6.45) is -5.29. The summed E-state index contributed by atoms with van der Waals surface area (Å²) in [6.45, 7) is 0.299. The molecule has 1 unspecified atom stereocenters. The molecule has 0 fully saturated rings. The Bertz CT molecular complexity index is 530. The van der Waals surface area contributed by atoms with Crippen LogP contribution in [-0.2, 0) is 11.0 Å². The van der Waals surface area contributed by atoms with Crippen LogP contribution in [-0.4, -0.2) is 24.3 Å². The Labute approximate surface area is 112 Å². The molecule has 1 aromatic rings. The maximum absolute atomic E-state index is 13.0. The van der Waals surface area contributed by atoms with E-state index in [1.54, 1.807) is 0 Å². The fourth-order valence-corrected chi connectivity index (χ4v) is 2.04. The van der Waals surface area contributed by atoms with Crippen LogP contribution in [0.25, 0.3) is 0 Å². The largest absolute Gasteiger partial charge is 0.486 e. The monoisotopic (exact) mass is 291 g/mol. The molecule has 0 aromatic heterocycles. The number of halogens is 3. The molecule has 20 heavy (non-hydrogen) atoms. The molecule has 0 bridgehead atoms. The second-order valence-corrected chi connectivity index (χ2v) is 4.25. The van der Waals surface area contributed by atoms with E-state index >= 15 is 0 Å². The molecular weight excluding hydrogens is 279 g/mol. The zero-order valence-corrected chi connectivity index (χ0v) is 10.2. The number of carboxylic acids is 1. The summed E-state index contributed by atoms with van der Waals surface area (Å²) in [5, 5.41) is 8.71. The molecule has 3 N–H and O–H groups in total. The number of rotatable bonds is 3. The van der Waals surface area contributed by atoms with E-state index in [-0.39, 0.29) is 30.3 Å². The number of fused-ring (bicyclic) bond motifs is 1. The van der Waals surface area contributed by atoms with Gasteiger partial charge < -0.3 is 20.3 Å². The highest BCUT2D eigenvalue weighted by atomic mass is 19.4. The molecular formula is C12H12F3NO4. The van der Waals surface area contributed by atoms with Crippen molar-refractivity contribution in [1.82, 2.24) is 0 Å². The number of hydrogen-bond donors (Lipinski definition) is 2. The third-order valence-electron chi connectivity index (χ3n) is 2.82. The summed E-state index contributed by atoms with van der Waals surface area (Å²) in [5.74, 6) is -1.28. The fourth-order valence-electron chi connectivity index (χ4n) is 2.04. The smallest absolute Gasteiger partial charge is 0.416 e. The lowest BCUT2D eigenvalue weighted by Crippen LogP contribution is -2.24. The van der Waals surface area contributed by atoms with Crippen molar-refractivity contribution >= 4 is 5.97 Å². The molecule has 0 spiro atoms. The minimum atomic E-state index is -4.65. The number of aliphatic carboxylic acids is 1. The van der Waals surface area contributed by atoms with Gasteiger partial charge in [0.05, 0.1) is 12.0 Å². The van der Waals surface area contributed by atoms with Crippen molar-refractivity contribution < 1.29 is 32.5 Å². The van der Waals surface area contributed by atoms with Gasteiger partial charge in [0.1, 0.15) is 13.2 Å². The number of nitrogens with two attached hydrogens (primary N) is 1. The molecule has 0 radical (unpaired) electrons. The first-order valence-electron chi connectivity index (χ1n) is 5.77. The normalized spacial score (nSPS) is 15.8. The number of ether oxygens (including phenoxy) is 2. The molecule has 0 aliphatic carbocycles. The quantitative estimate of drug-likeness (QED) is 0.889. The standard InChI is InChI=1S/C12H12F3NO4/c13-12(14,15)6-1-2-8-11(20-4-3-19-8)10(6)7(16)5-9(17)18/h1-2,7H,3-5,16H2,(H,17,18). The highest BCUT2D eigenvalue weighted by Crippen LogP contribution is 2.45. The van der Waals surface area contributed by atoms with Crippen molar-refractivity contribution in [3.63, 3.8) is 0 Å². The second kappa shape index (κ2) is 5.20. The number of hydrogen-bond acceptors (Lipinski definition) is 4. The Morgan fingerprint density at radius 3 is 2.60 bits per heavy atom. The van der Waals surface area contributed by atoms with Crippen molar-refractivity contribution in [1.29, 1.82) is 0 Å². The Kier molecular flexibility index (Phi) is 3.76. The Morgan fingerprint density at radius 1 is 1.35 bits per heavy atom. The van der Waals surface area contributed by atoms with Crippen molar-refractivity contribution in [2.75, 3.05) is 13.2 Å². The average Bonchev–Trinajstić information content (AvgIpc) is 2.35. The maximum Gasteiger partial charge on any atom is 0.416 e. The summed E-state index contributed by atoms with van der Waals surface area (Å²) in [4.78, 5) is 10.7. The maximum atomic E-state index is 13.0. The Balaban J connectivity index is 2.56. The summed E-state index contributed by atoms with van der Waals surface area (Å²) in [7, 11) is 0. The minimum Gasteiger partial charge on any atom is -0.486 e. The summed E-state index contributed by atoms with van der Waals surface area (Å²) >= 11 is 0. The van der Waals surface area contributed by atoms with Gasteiger partial charge in [-0.1, -0.05) is 0 Å². The van der Waals surface area contributed by atoms with Gasteiger partial charge in [0.2, 0.25) is 0 Å². The molecule has 5 nitrogen and oxygen atoms in total. The topological polar surface area (TPSA) is 81.8 Å². The van der Waals surface area contributed by atoms with Crippen molar-refractivity contribution in [2.24, 2.45) is 5.73 Å². The van der Waals surface area contributed by atoms with Gasteiger partial charge in [-0.3, -0.25) is 4.79 Å². The lowest BCUT2D eigenvalue weighted by atomic mass is 9.96. The summed E-state index contributed by atoms with van der Waals surface area (Å²) in [6, 6.07) is 0.638. The lowest BCUT2D eigenvalue weighted by molar-refractivity contribution is -0.140. The molecule has 0 saturated heterocycles. The van der Waals surface area contributed by atoms with E-state index in [4.69, 9.17) is 20.3 Å². The van der Waals surface area contributed by atoms with Crippen LogP contribution in [0.5, 0.6) is 11.5 Å². The number of benzene rings is 1. The number of carboxylic acid groups (broad SMARTS) is 1. The van der Waals surface area contributed by atoms with Crippen molar-refractivity contribution in [3.05, 3.63) is 23.3 Å². The first kappa shape index (κ1) is 14.4. The zero-order chi connectivity index (χ0) is 14.9. The van der Waals surface area contributed by atoms with E-state index in [2.05, 4.69) is 0 Å². The highest BCUT2D eigenvalue weighted by Gasteiger charge is 2.38. The fraction of sp³-hybridized carbons (Fsp3) is 0.417. The number of alkyl halides is 3. The van der Waals surface area contributed by atoms with E-state index in [1.807, 2.05) is 0 Å². The van der Waals surface area contributed by atoms with Crippen molar-refractivity contribution in [2.45, 2.75) is 18.6 Å². The van der Waals surface area contributed by atoms with Crippen molar-refractivity contribution in [3.8, 4) is 11.5 Å². The predicted molar refractivity (Wildman–Crippen MR) is 61.6 cm³/mol. The van der Waals surface area contributed by atoms with E-state index in [0.29, 0.717) is 0 Å². The van der Waals surface area contributed by atoms with Crippen LogP contribution in [0.3, 0.4) is 0 Å². The third-order valence-corrected chi connectivity index (χ3v) is 2.82. The Morgan fingerprint density at radius 2 is 2.00 bits per heavy atom. The van der Waals surface area contributed by atoms with Crippen LogP contribution >= 0.6 is 0 Å². The van der Waals surface area contributed by atoms with Crippen LogP contribution in [0, 0.1) is 0 Å². The van der Waals surface area contributed by atoms with Gasteiger partial charge in [0, 0.05) is 11.6 Å². The van der Waals surface area contributed by atoms with E-state index in [1.165, 1.54) is 0 Å². The van der Waals surface area contributed by atoms with E-state index in [9.17, 15) is 18.0 Å². The lowest BCUT2D eigenvalue weighted by Gasteiger charge is -2.26. The van der Waals surface area contributed by atoms with Gasteiger partial charge in [-0.05, 0) is 12.1 Å². The molecule has 1 aliphatic heterocycles. The van der Waals surface area contributed by atoms with Crippen LogP contribution in [0.4, 0.5) is 13.2 Å². The molecule has 1 atom stereocenters. The molecule has 1 heterocycles. The highest BCUT2D eigenvalue weighted by molar-refractivity contribution is 5.69. The van der Waals surface area contributed by atoms with Gasteiger partial charge in [-0.25, -0.2) is 0 Å². The second-order valence-electron chi connectivity index (χ2n) is 4.25. The molecule has 0 amide bonds. The van der Waals surface area contributed by atoms with Crippen LogP contribution in [0.2, 0.25) is 0 Å². The predicted octanol–water partition coefficient (Wildman–Crippen LogP) is 1.95. The van der Waals surface area contributed by atoms with Gasteiger partial charge in [0.25, 0.3) is 0 Å². The first-order valence-corrected chi connectivity index (χ1v) is 5.77. The van der Waals surface area contributed by atoms with Gasteiger partial charge in [-0.2, -0.15) is 13.2 Å². The number of carbonyl (C=O) groups is 1. The zero-order valence-electron chi connectivity index (χ0n) is 10.2. The molecule has 1 aromatic carbocycles. The van der Waals surface area contributed by atoms with Gasteiger partial charge in [0.15, 0.2) is 11.5 Å². The van der Waals surface area contributed by atoms with E-state index in [0.717, 1.165) is 12.1 Å². The summed E-state index contributed by atoms with van der Waals surface area (Å²) in [5.41, 5.74) is 4.22. The van der Waals surface area contributed by atoms with Crippen LogP contribution in [0.15, 0.2) is 12.1 Å². The van der Waals surface area contributed by atoms with E-state index < -0.39 is 30.2 Å². The van der Waals surface area contributed by atoms with Gasteiger partial charge in [-0.15, -0.1) is 0 Å². The van der Waals surface area contributed by atoms with Gasteiger partial charge >= 0.3 is 12.1 Å². The SMILES string of the molecule is NC(CC(=O)O)c1c(C(F)(F)F)ccc2c1OCCO2. The molecule has 110 valence electrons. The van der Waals surface area contributed by atoms with Crippen LogP contribution in [0.1, 0.15) is 23.6 Å². The average molecular weight is 291 g/mol.